The summed E-state index contributed by atoms with van der Waals surface area (Å²) in [4.78, 5) is 12.9. The van der Waals surface area contributed by atoms with Gasteiger partial charge in [-0.2, -0.15) is 0 Å². The summed E-state index contributed by atoms with van der Waals surface area (Å²) in [7, 11) is -1.82. The zero-order chi connectivity index (χ0) is 24.9. The smallest absolute Gasteiger partial charge is 0.192 e. The molecule has 1 heterocycles. The van der Waals surface area contributed by atoms with Crippen LogP contribution >= 0.6 is 0 Å². The lowest BCUT2D eigenvalue weighted by molar-refractivity contribution is -0.247. The van der Waals surface area contributed by atoms with Crippen LogP contribution in [0.5, 0.6) is 0 Å². The highest BCUT2D eigenvalue weighted by molar-refractivity contribution is 6.74. The number of carbonyl (C=O) groups is 1. The molecule has 190 valence electrons. The SMILES string of the molecule is CC(C)C(C)(C)[Si](C)(C)OCCCC1=CC(=O)C[C@@H]2[C@@]3(C)CCOC(C)(C)O[C@@H]3CC[C@@]12C. The molecule has 1 saturated heterocycles. The van der Waals surface area contributed by atoms with Gasteiger partial charge in [-0.25, -0.2) is 0 Å². The molecule has 2 fully saturated rings. The fraction of sp³-hybridized carbons (Fsp3) is 0.893. The van der Waals surface area contributed by atoms with Crippen LogP contribution < -0.4 is 0 Å². The van der Waals surface area contributed by atoms with Gasteiger partial charge in [-0.05, 0) is 87.4 Å². The number of hydrogen-bond donors (Lipinski definition) is 0. The first kappa shape index (κ1) is 27.1. The van der Waals surface area contributed by atoms with Crippen LogP contribution in [0, 0.1) is 22.7 Å². The molecule has 0 aromatic rings. The van der Waals surface area contributed by atoms with Crippen molar-refractivity contribution in [3.05, 3.63) is 11.6 Å². The number of carbonyl (C=O) groups excluding carboxylic acids is 1. The fourth-order valence-electron chi connectivity index (χ4n) is 6.60. The molecule has 3 aliphatic rings. The van der Waals surface area contributed by atoms with Gasteiger partial charge in [-0.15, -0.1) is 0 Å². The van der Waals surface area contributed by atoms with Gasteiger partial charge in [-0.3, -0.25) is 4.79 Å². The van der Waals surface area contributed by atoms with E-state index in [0.717, 1.165) is 38.7 Å². The van der Waals surface area contributed by atoms with Crippen molar-refractivity contribution < 1.29 is 18.7 Å². The molecule has 0 aromatic carbocycles. The Labute approximate surface area is 204 Å². The predicted molar refractivity (Wildman–Crippen MR) is 138 cm³/mol. The minimum Gasteiger partial charge on any atom is -0.417 e. The van der Waals surface area contributed by atoms with Gasteiger partial charge in [0.15, 0.2) is 19.9 Å². The molecular formula is C28H50O4Si. The molecular weight excluding hydrogens is 428 g/mol. The van der Waals surface area contributed by atoms with Gasteiger partial charge in [0.2, 0.25) is 0 Å². The average Bonchev–Trinajstić information content (AvgIpc) is 2.81. The van der Waals surface area contributed by atoms with Crippen LogP contribution in [0.1, 0.15) is 93.9 Å². The number of fused-ring (bicyclic) bond motifs is 3. The van der Waals surface area contributed by atoms with E-state index in [4.69, 9.17) is 13.9 Å². The van der Waals surface area contributed by atoms with Gasteiger partial charge >= 0.3 is 0 Å². The van der Waals surface area contributed by atoms with Crippen molar-refractivity contribution in [3.8, 4) is 0 Å². The standard InChI is InChI=1S/C28H50O4Si/c1-20(2)25(3,4)33(9,10)31-16-11-12-21-18-22(29)19-23-27(21,7)14-13-24-28(23,8)15-17-30-26(5,6)32-24/h18,20,23-24H,11-17,19H2,1-10H3/t23-,24+,27-,28+/m0/s1. The van der Waals surface area contributed by atoms with Gasteiger partial charge in [0, 0.05) is 18.4 Å². The number of rotatable bonds is 7. The van der Waals surface area contributed by atoms with E-state index in [-0.39, 0.29) is 27.8 Å². The monoisotopic (exact) mass is 478 g/mol. The molecule has 2 aliphatic carbocycles. The summed E-state index contributed by atoms with van der Waals surface area (Å²) in [5.74, 6) is 0.644. The first-order valence-corrected chi connectivity index (χ1v) is 16.2. The highest BCUT2D eigenvalue weighted by Gasteiger charge is 2.58. The molecule has 1 aliphatic heterocycles. The van der Waals surface area contributed by atoms with Crippen LogP contribution in [0.15, 0.2) is 11.6 Å². The maximum Gasteiger partial charge on any atom is 0.192 e. The van der Waals surface area contributed by atoms with Crippen LogP contribution in [-0.2, 0) is 18.7 Å². The Balaban J connectivity index is 1.72. The highest BCUT2D eigenvalue weighted by atomic mass is 28.4. The Morgan fingerprint density at radius 3 is 2.48 bits per heavy atom. The molecule has 0 amide bonds. The first-order chi connectivity index (χ1) is 15.1. The summed E-state index contributed by atoms with van der Waals surface area (Å²) in [6.07, 6.45) is 7.76. The maximum atomic E-state index is 12.9. The van der Waals surface area contributed by atoms with Gasteiger partial charge in [0.05, 0.1) is 12.7 Å². The Morgan fingerprint density at radius 2 is 1.85 bits per heavy atom. The fourth-order valence-corrected chi connectivity index (χ4v) is 9.02. The largest absolute Gasteiger partial charge is 0.417 e. The predicted octanol–water partition coefficient (Wildman–Crippen LogP) is 7.29. The third kappa shape index (κ3) is 5.08. The number of hydrogen-bond acceptors (Lipinski definition) is 4. The summed E-state index contributed by atoms with van der Waals surface area (Å²) >= 11 is 0. The normalized spacial score (nSPS) is 35.0. The van der Waals surface area contributed by atoms with E-state index < -0.39 is 14.1 Å². The lowest BCUT2D eigenvalue weighted by atomic mass is 9.48. The molecule has 0 radical (unpaired) electrons. The second-order valence-corrected chi connectivity index (χ2v) is 17.9. The van der Waals surface area contributed by atoms with Gasteiger partial charge in [0.25, 0.3) is 0 Å². The minimum absolute atomic E-state index is 0.0391. The van der Waals surface area contributed by atoms with E-state index in [2.05, 4.69) is 54.6 Å². The summed E-state index contributed by atoms with van der Waals surface area (Å²) in [5, 5.41) is 0.229. The molecule has 0 bridgehead atoms. The van der Waals surface area contributed by atoms with E-state index >= 15 is 0 Å². The van der Waals surface area contributed by atoms with Crippen molar-refractivity contribution in [2.45, 2.75) is 124 Å². The van der Waals surface area contributed by atoms with Crippen molar-refractivity contribution in [1.82, 2.24) is 0 Å². The minimum atomic E-state index is -1.82. The Kier molecular flexibility index (Phi) is 7.54. The average molecular weight is 479 g/mol. The van der Waals surface area contributed by atoms with Crippen molar-refractivity contribution in [3.63, 3.8) is 0 Å². The molecule has 3 rings (SSSR count). The molecule has 0 spiro atoms. The van der Waals surface area contributed by atoms with Gasteiger partial charge in [-0.1, -0.05) is 47.1 Å². The molecule has 0 N–H and O–H groups in total. The van der Waals surface area contributed by atoms with Crippen LogP contribution in [0.4, 0.5) is 0 Å². The highest BCUT2D eigenvalue weighted by Crippen LogP contribution is 2.61. The second kappa shape index (κ2) is 9.18. The van der Waals surface area contributed by atoms with E-state index in [1.807, 2.05) is 19.9 Å². The van der Waals surface area contributed by atoms with Crippen LogP contribution in [0.3, 0.4) is 0 Å². The lowest BCUT2D eigenvalue weighted by Gasteiger charge is -2.57. The van der Waals surface area contributed by atoms with Crippen LogP contribution in [0.25, 0.3) is 0 Å². The van der Waals surface area contributed by atoms with Crippen molar-refractivity contribution in [1.29, 1.82) is 0 Å². The molecule has 0 unspecified atom stereocenters. The van der Waals surface area contributed by atoms with E-state index in [1.54, 1.807) is 0 Å². The Hall–Kier alpha value is -0.493. The molecule has 0 aromatic heterocycles. The first-order valence-electron chi connectivity index (χ1n) is 13.2. The molecule has 5 heteroatoms. The Bertz CT molecular complexity index is 768. The molecule has 1 saturated carbocycles. The second-order valence-electron chi connectivity index (χ2n) is 13.3. The summed E-state index contributed by atoms with van der Waals surface area (Å²) in [5.41, 5.74) is 1.36. The molecule has 4 atom stereocenters. The van der Waals surface area contributed by atoms with E-state index in [1.165, 1.54) is 5.57 Å². The summed E-state index contributed by atoms with van der Waals surface area (Å²) < 4.78 is 19.1. The molecule has 33 heavy (non-hydrogen) atoms. The zero-order valence-electron chi connectivity index (χ0n) is 23.1. The van der Waals surface area contributed by atoms with Crippen molar-refractivity contribution in [2.24, 2.45) is 22.7 Å². The summed E-state index contributed by atoms with van der Waals surface area (Å²) in [6.45, 7) is 24.3. The van der Waals surface area contributed by atoms with Crippen LogP contribution in [-0.4, -0.2) is 39.2 Å². The van der Waals surface area contributed by atoms with Gasteiger partial charge in [0.1, 0.15) is 0 Å². The van der Waals surface area contributed by atoms with E-state index in [9.17, 15) is 4.79 Å². The zero-order valence-corrected chi connectivity index (χ0v) is 24.1. The molecule has 4 nitrogen and oxygen atoms in total. The number of ketones is 1. The Morgan fingerprint density at radius 1 is 1.18 bits per heavy atom. The van der Waals surface area contributed by atoms with Crippen molar-refractivity contribution in [2.75, 3.05) is 13.2 Å². The van der Waals surface area contributed by atoms with Gasteiger partial charge < -0.3 is 13.9 Å². The lowest BCUT2D eigenvalue weighted by Crippen LogP contribution is -2.55. The number of ether oxygens (including phenoxy) is 2. The third-order valence-corrected chi connectivity index (χ3v) is 14.9. The van der Waals surface area contributed by atoms with E-state index in [0.29, 0.717) is 24.9 Å². The third-order valence-electron chi connectivity index (χ3n) is 10.3. The summed E-state index contributed by atoms with van der Waals surface area (Å²) in [6, 6.07) is 0. The maximum absolute atomic E-state index is 12.9. The topological polar surface area (TPSA) is 44.8 Å². The van der Waals surface area contributed by atoms with Crippen molar-refractivity contribution >= 4 is 14.1 Å². The van der Waals surface area contributed by atoms with Crippen LogP contribution in [0.2, 0.25) is 18.1 Å². The quantitative estimate of drug-likeness (QED) is 0.285. The number of allylic oxidation sites excluding steroid dienone is 2.